The van der Waals surface area contributed by atoms with Crippen molar-refractivity contribution in [2.24, 2.45) is 5.92 Å². The van der Waals surface area contributed by atoms with Crippen molar-refractivity contribution in [3.8, 4) is 0 Å². The molecule has 0 unspecified atom stereocenters. The number of hydrogen-bond acceptors (Lipinski definition) is 4. The van der Waals surface area contributed by atoms with Crippen molar-refractivity contribution < 1.29 is 17.9 Å². The molecule has 7 heteroatoms. The quantitative estimate of drug-likeness (QED) is 0.783. The van der Waals surface area contributed by atoms with Crippen molar-refractivity contribution in [2.45, 2.75) is 4.90 Å². The highest BCUT2D eigenvalue weighted by Gasteiger charge is 2.41. The molecule has 0 bridgehead atoms. The van der Waals surface area contributed by atoms with Crippen LogP contribution in [0.1, 0.15) is 0 Å². The van der Waals surface area contributed by atoms with E-state index in [1.165, 1.54) is 23.5 Å². The molecule has 1 saturated heterocycles. The molecule has 2 rings (SSSR count). The van der Waals surface area contributed by atoms with Gasteiger partial charge >= 0.3 is 5.97 Å². The first-order valence-corrected chi connectivity index (χ1v) is 7.10. The first-order valence-electron chi connectivity index (χ1n) is 5.28. The van der Waals surface area contributed by atoms with Crippen LogP contribution in [0, 0.1) is 5.92 Å². The van der Waals surface area contributed by atoms with Crippen LogP contribution in [0.5, 0.6) is 0 Å². The number of sulfonamides is 1. The number of benzene rings is 1. The molecule has 0 radical (unpaired) electrons. The van der Waals surface area contributed by atoms with Crippen LogP contribution in [-0.4, -0.2) is 38.9 Å². The summed E-state index contributed by atoms with van der Waals surface area (Å²) in [7, 11) is -2.27. The van der Waals surface area contributed by atoms with E-state index in [0.717, 1.165) is 0 Å². The third-order valence-corrected chi connectivity index (χ3v) is 4.88. The third-order valence-electron chi connectivity index (χ3n) is 2.82. The first-order chi connectivity index (χ1) is 8.45. The molecule has 5 nitrogen and oxygen atoms in total. The number of hydrogen-bond donors (Lipinski definition) is 0. The van der Waals surface area contributed by atoms with Crippen LogP contribution in [0.15, 0.2) is 29.2 Å². The fraction of sp³-hybridized carbons (Fsp3) is 0.364. The molecule has 0 N–H and O–H groups in total. The molecule has 1 aromatic carbocycles. The number of carbonyl (C=O) groups is 1. The summed E-state index contributed by atoms with van der Waals surface area (Å²) in [5, 5.41) is 0.362. The molecule has 1 aromatic rings. The monoisotopic (exact) mass is 289 g/mol. The zero-order valence-electron chi connectivity index (χ0n) is 9.67. The van der Waals surface area contributed by atoms with Crippen molar-refractivity contribution in [2.75, 3.05) is 20.2 Å². The topological polar surface area (TPSA) is 63.7 Å². The lowest BCUT2D eigenvalue weighted by molar-refractivity contribution is -0.149. The molecule has 1 fully saturated rings. The summed E-state index contributed by atoms with van der Waals surface area (Å²) in [5.41, 5.74) is 0. The Balaban J connectivity index is 2.13. The Morgan fingerprint density at radius 3 is 2.67 bits per heavy atom. The SMILES string of the molecule is COC(=O)C1CN(S(=O)(=O)c2cccc(Cl)c2)C1. The molecule has 0 saturated carbocycles. The van der Waals surface area contributed by atoms with Gasteiger partial charge in [-0.3, -0.25) is 4.79 Å². The van der Waals surface area contributed by atoms with Gasteiger partial charge in [0, 0.05) is 18.1 Å². The molecule has 1 heterocycles. The summed E-state index contributed by atoms with van der Waals surface area (Å²) in [4.78, 5) is 11.3. The maximum Gasteiger partial charge on any atom is 0.311 e. The van der Waals surface area contributed by atoms with Gasteiger partial charge in [0.05, 0.1) is 17.9 Å². The molecule has 98 valence electrons. The van der Waals surface area contributed by atoms with Crippen LogP contribution in [0.2, 0.25) is 5.02 Å². The van der Waals surface area contributed by atoms with Crippen molar-refractivity contribution >= 4 is 27.6 Å². The molecule has 1 aliphatic heterocycles. The Morgan fingerprint density at radius 1 is 1.44 bits per heavy atom. The summed E-state index contributed by atoms with van der Waals surface area (Å²) in [6.45, 7) is 0.309. The molecule has 0 aliphatic carbocycles. The minimum Gasteiger partial charge on any atom is -0.469 e. The van der Waals surface area contributed by atoms with Crippen molar-refractivity contribution in [1.29, 1.82) is 0 Å². The van der Waals surface area contributed by atoms with Crippen LogP contribution in [0.3, 0.4) is 0 Å². The van der Waals surface area contributed by atoms with Crippen molar-refractivity contribution in [3.05, 3.63) is 29.3 Å². The Hall–Kier alpha value is -1.11. The lowest BCUT2D eigenvalue weighted by Crippen LogP contribution is -2.53. The van der Waals surface area contributed by atoms with Crippen LogP contribution >= 0.6 is 11.6 Å². The van der Waals surface area contributed by atoms with Crippen LogP contribution in [0.4, 0.5) is 0 Å². The normalized spacial score (nSPS) is 17.2. The average Bonchev–Trinajstić information content (AvgIpc) is 2.26. The minimum atomic E-state index is -3.56. The molecule has 18 heavy (non-hydrogen) atoms. The molecule has 0 amide bonds. The van der Waals surface area contributed by atoms with Gasteiger partial charge in [-0.05, 0) is 18.2 Å². The predicted molar refractivity (Wildman–Crippen MR) is 65.7 cm³/mol. The van der Waals surface area contributed by atoms with Gasteiger partial charge in [-0.25, -0.2) is 8.42 Å². The van der Waals surface area contributed by atoms with Gasteiger partial charge in [-0.2, -0.15) is 4.31 Å². The summed E-state index contributed by atoms with van der Waals surface area (Å²) in [6, 6.07) is 6.05. The second-order valence-electron chi connectivity index (χ2n) is 4.00. The molecular formula is C11H12ClNO4S. The molecule has 0 spiro atoms. The number of esters is 1. The summed E-state index contributed by atoms with van der Waals surface area (Å²) < 4.78 is 30.1. The summed E-state index contributed by atoms with van der Waals surface area (Å²) in [6.07, 6.45) is 0. The summed E-state index contributed by atoms with van der Waals surface area (Å²) >= 11 is 5.76. The smallest absolute Gasteiger partial charge is 0.311 e. The molecule has 0 aromatic heterocycles. The lowest BCUT2D eigenvalue weighted by atomic mass is 10.0. The van der Waals surface area contributed by atoms with Gasteiger partial charge in [-0.1, -0.05) is 17.7 Å². The Morgan fingerprint density at radius 2 is 2.11 bits per heavy atom. The van der Waals surface area contributed by atoms with E-state index in [1.807, 2.05) is 0 Å². The highest BCUT2D eigenvalue weighted by Crippen LogP contribution is 2.26. The zero-order valence-corrected chi connectivity index (χ0v) is 11.2. The number of carbonyl (C=O) groups excluding carboxylic acids is 1. The van der Waals surface area contributed by atoms with Crippen LogP contribution in [-0.2, 0) is 19.6 Å². The van der Waals surface area contributed by atoms with E-state index in [9.17, 15) is 13.2 Å². The van der Waals surface area contributed by atoms with E-state index in [-0.39, 0.29) is 29.9 Å². The van der Waals surface area contributed by atoms with E-state index in [4.69, 9.17) is 11.6 Å². The van der Waals surface area contributed by atoms with E-state index in [2.05, 4.69) is 4.74 Å². The zero-order chi connectivity index (χ0) is 13.3. The molecule has 0 atom stereocenters. The second-order valence-corrected chi connectivity index (χ2v) is 6.37. The number of methoxy groups -OCH3 is 1. The van der Waals surface area contributed by atoms with Gasteiger partial charge in [0.25, 0.3) is 0 Å². The fourth-order valence-electron chi connectivity index (χ4n) is 1.73. The van der Waals surface area contributed by atoms with E-state index < -0.39 is 10.0 Å². The molecule has 1 aliphatic rings. The van der Waals surface area contributed by atoms with Gasteiger partial charge in [0.2, 0.25) is 10.0 Å². The highest BCUT2D eigenvalue weighted by atomic mass is 35.5. The van der Waals surface area contributed by atoms with Gasteiger partial charge in [0.15, 0.2) is 0 Å². The standard InChI is InChI=1S/C11H12ClNO4S/c1-17-11(14)8-6-13(7-8)18(15,16)10-4-2-3-9(12)5-10/h2-5,8H,6-7H2,1H3. The first kappa shape index (κ1) is 13.3. The van der Waals surface area contributed by atoms with E-state index in [1.54, 1.807) is 12.1 Å². The Labute approximate surface area is 110 Å². The van der Waals surface area contributed by atoms with Gasteiger partial charge < -0.3 is 4.74 Å². The van der Waals surface area contributed by atoms with E-state index >= 15 is 0 Å². The Bertz CT molecular complexity index is 566. The highest BCUT2D eigenvalue weighted by molar-refractivity contribution is 7.89. The number of halogens is 1. The fourth-order valence-corrected chi connectivity index (χ4v) is 3.56. The third kappa shape index (κ3) is 2.36. The van der Waals surface area contributed by atoms with Crippen molar-refractivity contribution in [3.63, 3.8) is 0 Å². The van der Waals surface area contributed by atoms with E-state index in [0.29, 0.717) is 5.02 Å². The summed E-state index contributed by atoms with van der Waals surface area (Å²) in [5.74, 6) is -0.753. The van der Waals surface area contributed by atoms with Crippen LogP contribution in [0.25, 0.3) is 0 Å². The number of rotatable bonds is 3. The largest absolute Gasteiger partial charge is 0.469 e. The maximum absolute atomic E-state index is 12.1. The minimum absolute atomic E-state index is 0.137. The van der Waals surface area contributed by atoms with Crippen molar-refractivity contribution in [1.82, 2.24) is 4.31 Å². The lowest BCUT2D eigenvalue weighted by Gasteiger charge is -2.36. The van der Waals surface area contributed by atoms with Crippen LogP contribution < -0.4 is 0 Å². The number of nitrogens with zero attached hydrogens (tertiary/aromatic N) is 1. The molecular weight excluding hydrogens is 278 g/mol. The van der Waals surface area contributed by atoms with Gasteiger partial charge in [0.1, 0.15) is 0 Å². The maximum atomic E-state index is 12.1. The number of ether oxygens (including phenoxy) is 1. The average molecular weight is 290 g/mol. The second kappa shape index (κ2) is 4.87. The van der Waals surface area contributed by atoms with Gasteiger partial charge in [-0.15, -0.1) is 0 Å². The predicted octanol–water partition coefficient (Wildman–Crippen LogP) is 1.13. The Kier molecular flexibility index (Phi) is 3.61.